The Bertz CT molecular complexity index is 669. The van der Waals surface area contributed by atoms with E-state index in [2.05, 4.69) is 5.32 Å². The molecule has 1 N–H and O–H groups in total. The van der Waals surface area contributed by atoms with Gasteiger partial charge in [-0.1, -0.05) is 11.6 Å². The number of halogens is 1. The lowest BCUT2D eigenvalue weighted by atomic mass is 10.2. The highest BCUT2D eigenvalue weighted by Crippen LogP contribution is 2.36. The average Bonchev–Trinajstić information content (AvgIpc) is 2.92. The molecule has 0 saturated heterocycles. The molecule has 22 heavy (non-hydrogen) atoms. The normalized spacial score (nSPS) is 10.4. The summed E-state index contributed by atoms with van der Waals surface area (Å²) in [5.41, 5.74) is 1.62. The molecule has 0 spiro atoms. The number of amides is 1. The van der Waals surface area contributed by atoms with E-state index < -0.39 is 0 Å². The molecule has 0 unspecified atom stereocenters. The third kappa shape index (κ3) is 3.72. The molecule has 0 aliphatic rings. The molecule has 1 amide bonds. The van der Waals surface area contributed by atoms with Crippen LogP contribution in [0.3, 0.4) is 0 Å². The molecule has 2 aromatic rings. The minimum Gasteiger partial charge on any atom is -0.493 e. The quantitative estimate of drug-likeness (QED) is 0.863. The van der Waals surface area contributed by atoms with E-state index in [1.165, 1.54) is 12.7 Å². The number of ether oxygens (including phenoxy) is 2. The molecule has 0 aliphatic carbocycles. The number of nitrogens with one attached hydrogen (secondary N) is 1. The first-order chi connectivity index (χ1) is 10.6. The van der Waals surface area contributed by atoms with Gasteiger partial charge in [-0.25, -0.2) is 0 Å². The van der Waals surface area contributed by atoms with Crippen LogP contribution >= 0.6 is 22.9 Å². The van der Waals surface area contributed by atoms with Gasteiger partial charge in [-0.15, -0.1) is 11.3 Å². The van der Waals surface area contributed by atoms with Gasteiger partial charge in [0.1, 0.15) is 0 Å². The Morgan fingerprint density at radius 3 is 2.77 bits per heavy atom. The van der Waals surface area contributed by atoms with Crippen LogP contribution in [0.4, 0.5) is 0 Å². The molecule has 0 aliphatic heterocycles. The van der Waals surface area contributed by atoms with E-state index in [9.17, 15) is 4.79 Å². The zero-order valence-electron chi connectivity index (χ0n) is 12.7. The van der Waals surface area contributed by atoms with Gasteiger partial charge in [-0.2, -0.15) is 0 Å². The largest absolute Gasteiger partial charge is 0.493 e. The van der Waals surface area contributed by atoms with Crippen molar-refractivity contribution < 1.29 is 14.3 Å². The number of benzene rings is 1. The van der Waals surface area contributed by atoms with Gasteiger partial charge in [0.15, 0.2) is 11.5 Å². The van der Waals surface area contributed by atoms with Crippen LogP contribution in [-0.2, 0) is 6.54 Å². The number of carbonyl (C=O) groups is 1. The standard InChI is InChI=1S/C16H18ClNO3S/c1-4-21-15-12(17)7-11(8-13(15)20-3)16(19)18-9-14-10(2)5-6-22-14/h5-8H,4,9H2,1-3H3,(H,18,19). The second kappa shape index (κ2) is 7.51. The van der Waals surface area contributed by atoms with Crippen molar-refractivity contribution in [1.82, 2.24) is 5.32 Å². The highest BCUT2D eigenvalue weighted by molar-refractivity contribution is 7.10. The first-order valence-corrected chi connectivity index (χ1v) is 8.14. The second-order valence-electron chi connectivity index (χ2n) is 4.63. The molecule has 0 atom stereocenters. The van der Waals surface area contributed by atoms with E-state index >= 15 is 0 Å². The number of rotatable bonds is 6. The Morgan fingerprint density at radius 1 is 1.41 bits per heavy atom. The van der Waals surface area contributed by atoms with Gasteiger partial charge >= 0.3 is 0 Å². The van der Waals surface area contributed by atoms with E-state index in [-0.39, 0.29) is 5.91 Å². The molecule has 0 fully saturated rings. The van der Waals surface area contributed by atoms with Crippen molar-refractivity contribution in [3.05, 3.63) is 44.6 Å². The van der Waals surface area contributed by atoms with Crippen molar-refractivity contribution in [2.45, 2.75) is 20.4 Å². The van der Waals surface area contributed by atoms with E-state index in [0.29, 0.717) is 35.2 Å². The van der Waals surface area contributed by atoms with Crippen LogP contribution < -0.4 is 14.8 Å². The average molecular weight is 340 g/mol. The molecule has 0 radical (unpaired) electrons. The zero-order valence-corrected chi connectivity index (χ0v) is 14.3. The van der Waals surface area contributed by atoms with Crippen molar-refractivity contribution in [2.75, 3.05) is 13.7 Å². The van der Waals surface area contributed by atoms with Gasteiger partial charge in [0.05, 0.1) is 25.3 Å². The summed E-state index contributed by atoms with van der Waals surface area (Å²) < 4.78 is 10.7. The Balaban J connectivity index is 2.16. The van der Waals surface area contributed by atoms with Crippen LogP contribution in [0.5, 0.6) is 11.5 Å². The summed E-state index contributed by atoms with van der Waals surface area (Å²) in [6.07, 6.45) is 0. The lowest BCUT2D eigenvalue weighted by Gasteiger charge is -2.13. The maximum atomic E-state index is 12.3. The lowest BCUT2D eigenvalue weighted by molar-refractivity contribution is 0.0951. The zero-order chi connectivity index (χ0) is 16.1. The van der Waals surface area contributed by atoms with E-state index in [0.717, 1.165) is 4.88 Å². The third-order valence-electron chi connectivity index (χ3n) is 3.16. The number of aryl methyl sites for hydroxylation is 1. The second-order valence-corrected chi connectivity index (χ2v) is 6.04. The summed E-state index contributed by atoms with van der Waals surface area (Å²) in [5.74, 6) is 0.708. The molecule has 4 nitrogen and oxygen atoms in total. The van der Waals surface area contributed by atoms with Crippen LogP contribution in [0.25, 0.3) is 0 Å². The van der Waals surface area contributed by atoms with Gasteiger partial charge in [0, 0.05) is 10.4 Å². The Morgan fingerprint density at radius 2 is 2.18 bits per heavy atom. The predicted molar refractivity (Wildman–Crippen MR) is 89.4 cm³/mol. The first kappa shape index (κ1) is 16.6. The molecule has 118 valence electrons. The van der Waals surface area contributed by atoms with Crippen LogP contribution in [0.1, 0.15) is 27.7 Å². The molecule has 1 aromatic heterocycles. The molecule has 6 heteroatoms. The topological polar surface area (TPSA) is 47.6 Å². The minimum absolute atomic E-state index is 0.198. The molecule has 0 bridgehead atoms. The maximum Gasteiger partial charge on any atom is 0.251 e. The van der Waals surface area contributed by atoms with E-state index in [4.69, 9.17) is 21.1 Å². The monoisotopic (exact) mass is 339 g/mol. The van der Waals surface area contributed by atoms with Gasteiger partial charge in [-0.05, 0) is 43.0 Å². The van der Waals surface area contributed by atoms with Gasteiger partial charge in [-0.3, -0.25) is 4.79 Å². The predicted octanol–water partition coefficient (Wildman–Crippen LogP) is 4.05. The van der Waals surface area contributed by atoms with Crippen molar-refractivity contribution in [1.29, 1.82) is 0 Å². The Kier molecular flexibility index (Phi) is 5.69. The fraction of sp³-hybridized carbons (Fsp3) is 0.312. The van der Waals surface area contributed by atoms with Crippen LogP contribution in [-0.4, -0.2) is 19.6 Å². The minimum atomic E-state index is -0.198. The van der Waals surface area contributed by atoms with Gasteiger partial charge < -0.3 is 14.8 Å². The van der Waals surface area contributed by atoms with Crippen LogP contribution in [0.2, 0.25) is 5.02 Å². The van der Waals surface area contributed by atoms with E-state index in [1.807, 2.05) is 25.3 Å². The van der Waals surface area contributed by atoms with Crippen LogP contribution in [0.15, 0.2) is 23.6 Å². The summed E-state index contributed by atoms with van der Waals surface area (Å²) in [6.45, 7) is 4.85. The number of methoxy groups -OCH3 is 1. The van der Waals surface area contributed by atoms with Gasteiger partial charge in [0.2, 0.25) is 0 Å². The highest BCUT2D eigenvalue weighted by Gasteiger charge is 2.15. The molecule has 0 saturated carbocycles. The van der Waals surface area contributed by atoms with Crippen molar-refractivity contribution in [2.24, 2.45) is 0 Å². The lowest BCUT2D eigenvalue weighted by Crippen LogP contribution is -2.22. The number of hydrogen-bond acceptors (Lipinski definition) is 4. The summed E-state index contributed by atoms with van der Waals surface area (Å²) in [5, 5.41) is 5.26. The first-order valence-electron chi connectivity index (χ1n) is 6.88. The maximum absolute atomic E-state index is 12.3. The third-order valence-corrected chi connectivity index (χ3v) is 4.46. The van der Waals surface area contributed by atoms with Gasteiger partial charge in [0.25, 0.3) is 5.91 Å². The molecule has 1 heterocycles. The van der Waals surface area contributed by atoms with Crippen molar-refractivity contribution in [3.8, 4) is 11.5 Å². The fourth-order valence-corrected chi connectivity index (χ4v) is 3.09. The number of carbonyl (C=O) groups excluding carboxylic acids is 1. The summed E-state index contributed by atoms with van der Waals surface area (Å²) in [7, 11) is 1.52. The smallest absolute Gasteiger partial charge is 0.251 e. The fourth-order valence-electron chi connectivity index (χ4n) is 1.98. The van der Waals surface area contributed by atoms with Crippen molar-refractivity contribution in [3.63, 3.8) is 0 Å². The Hall–Kier alpha value is -1.72. The van der Waals surface area contributed by atoms with Crippen LogP contribution in [0, 0.1) is 6.92 Å². The number of hydrogen-bond donors (Lipinski definition) is 1. The molecular formula is C16H18ClNO3S. The molecular weight excluding hydrogens is 322 g/mol. The summed E-state index contributed by atoms with van der Waals surface area (Å²) >= 11 is 7.80. The molecule has 1 aromatic carbocycles. The summed E-state index contributed by atoms with van der Waals surface area (Å²) in [6, 6.07) is 5.25. The highest BCUT2D eigenvalue weighted by atomic mass is 35.5. The Labute approximate surface area is 139 Å². The SMILES string of the molecule is CCOc1c(Cl)cc(C(=O)NCc2sccc2C)cc1OC. The van der Waals surface area contributed by atoms with E-state index in [1.54, 1.807) is 23.5 Å². The van der Waals surface area contributed by atoms with Crippen molar-refractivity contribution >= 4 is 28.8 Å². The molecule has 2 rings (SSSR count). The number of thiophene rings is 1. The summed E-state index contributed by atoms with van der Waals surface area (Å²) in [4.78, 5) is 13.4.